The molecule has 0 bridgehead atoms. The van der Waals surface area contributed by atoms with Crippen LogP contribution in [0.4, 0.5) is 4.39 Å². The molecule has 88 valence electrons. The SMILES string of the molecule is COc1c(O)cc(Br)c(C(C)C(=O)O)c1F. The number of methoxy groups -OCH3 is 1. The standard InChI is InChI=1S/C10H10BrFO4/c1-4(10(14)15)7-5(11)3-6(13)9(16-2)8(7)12/h3-4,13H,1-2H3,(H,14,15). The van der Waals surface area contributed by atoms with E-state index in [1.165, 1.54) is 20.1 Å². The highest BCUT2D eigenvalue weighted by Crippen LogP contribution is 2.39. The van der Waals surface area contributed by atoms with Gasteiger partial charge in [0.2, 0.25) is 0 Å². The molecule has 0 heterocycles. The summed E-state index contributed by atoms with van der Waals surface area (Å²) in [5.74, 6) is -3.81. The number of rotatable bonds is 3. The first kappa shape index (κ1) is 12.8. The summed E-state index contributed by atoms with van der Waals surface area (Å²) < 4.78 is 18.7. The molecule has 0 spiro atoms. The van der Waals surface area contributed by atoms with Crippen molar-refractivity contribution in [3.8, 4) is 11.5 Å². The lowest BCUT2D eigenvalue weighted by Crippen LogP contribution is -2.11. The first-order valence-electron chi connectivity index (χ1n) is 4.37. The molecule has 2 N–H and O–H groups in total. The maximum atomic E-state index is 13.8. The Hall–Kier alpha value is -1.30. The molecule has 0 aliphatic heterocycles. The van der Waals surface area contributed by atoms with Crippen LogP contribution in [0.1, 0.15) is 18.4 Å². The lowest BCUT2D eigenvalue weighted by Gasteiger charge is -2.14. The summed E-state index contributed by atoms with van der Waals surface area (Å²) in [4.78, 5) is 10.8. The van der Waals surface area contributed by atoms with E-state index in [0.29, 0.717) is 0 Å². The van der Waals surface area contributed by atoms with Crippen molar-refractivity contribution in [3.05, 3.63) is 21.9 Å². The zero-order valence-corrected chi connectivity index (χ0v) is 10.2. The Morgan fingerprint density at radius 2 is 2.19 bits per heavy atom. The highest BCUT2D eigenvalue weighted by molar-refractivity contribution is 9.10. The molecular formula is C10H10BrFO4. The predicted molar refractivity (Wildman–Crippen MR) is 58.4 cm³/mol. The molecule has 1 rings (SSSR count). The Labute approximate surface area is 99.8 Å². The molecule has 0 saturated carbocycles. The third kappa shape index (κ3) is 2.11. The monoisotopic (exact) mass is 292 g/mol. The number of benzene rings is 1. The van der Waals surface area contributed by atoms with E-state index in [1.807, 2.05) is 0 Å². The summed E-state index contributed by atoms with van der Waals surface area (Å²) in [5, 5.41) is 18.2. The zero-order chi connectivity index (χ0) is 12.5. The summed E-state index contributed by atoms with van der Waals surface area (Å²) >= 11 is 3.01. The topological polar surface area (TPSA) is 66.8 Å². The first-order valence-corrected chi connectivity index (χ1v) is 5.17. The fourth-order valence-corrected chi connectivity index (χ4v) is 2.05. The number of phenols is 1. The number of carboxylic acid groups (broad SMARTS) is 1. The van der Waals surface area contributed by atoms with Gasteiger partial charge in [-0.3, -0.25) is 4.79 Å². The van der Waals surface area contributed by atoms with Crippen molar-refractivity contribution in [2.24, 2.45) is 0 Å². The van der Waals surface area contributed by atoms with Crippen LogP contribution in [-0.4, -0.2) is 23.3 Å². The average molecular weight is 293 g/mol. The number of hydrogen-bond donors (Lipinski definition) is 2. The van der Waals surface area contributed by atoms with E-state index in [0.717, 1.165) is 0 Å². The van der Waals surface area contributed by atoms with E-state index < -0.39 is 17.7 Å². The number of hydrogen-bond acceptors (Lipinski definition) is 3. The molecule has 1 aromatic rings. The number of carbonyl (C=O) groups is 1. The van der Waals surface area contributed by atoms with Crippen LogP contribution in [0.5, 0.6) is 11.5 Å². The van der Waals surface area contributed by atoms with Crippen molar-refractivity contribution < 1.29 is 24.1 Å². The van der Waals surface area contributed by atoms with Gasteiger partial charge in [0, 0.05) is 10.0 Å². The third-order valence-electron chi connectivity index (χ3n) is 2.20. The second-order valence-electron chi connectivity index (χ2n) is 3.20. The third-order valence-corrected chi connectivity index (χ3v) is 2.85. The first-order chi connectivity index (χ1) is 7.40. The molecule has 1 atom stereocenters. The van der Waals surface area contributed by atoms with Gasteiger partial charge in [0.05, 0.1) is 13.0 Å². The molecule has 4 nitrogen and oxygen atoms in total. The summed E-state index contributed by atoms with van der Waals surface area (Å²) in [7, 11) is 1.20. The molecule has 0 aliphatic rings. The van der Waals surface area contributed by atoms with E-state index in [9.17, 15) is 14.3 Å². The lowest BCUT2D eigenvalue weighted by atomic mass is 10.00. The van der Waals surface area contributed by atoms with Crippen LogP contribution in [0.2, 0.25) is 0 Å². The summed E-state index contributed by atoms with van der Waals surface area (Å²) in [5.41, 5.74) is -0.0536. The van der Waals surface area contributed by atoms with Crippen molar-refractivity contribution in [1.29, 1.82) is 0 Å². The minimum atomic E-state index is -1.16. The van der Waals surface area contributed by atoms with Gasteiger partial charge in [-0.2, -0.15) is 0 Å². The quantitative estimate of drug-likeness (QED) is 0.898. The van der Waals surface area contributed by atoms with E-state index in [4.69, 9.17) is 5.11 Å². The average Bonchev–Trinajstić information content (AvgIpc) is 2.17. The molecule has 1 aromatic carbocycles. The highest BCUT2D eigenvalue weighted by atomic mass is 79.9. The van der Waals surface area contributed by atoms with E-state index in [1.54, 1.807) is 0 Å². The molecule has 0 radical (unpaired) electrons. The molecule has 1 unspecified atom stereocenters. The molecule has 0 aromatic heterocycles. The van der Waals surface area contributed by atoms with Crippen LogP contribution in [0, 0.1) is 5.82 Å². The zero-order valence-electron chi connectivity index (χ0n) is 8.62. The van der Waals surface area contributed by atoms with Crippen molar-refractivity contribution in [1.82, 2.24) is 0 Å². The summed E-state index contributed by atoms with van der Waals surface area (Å²) in [6.45, 7) is 1.35. The number of carboxylic acids is 1. The van der Waals surface area contributed by atoms with Crippen LogP contribution in [-0.2, 0) is 4.79 Å². The Kier molecular flexibility index (Phi) is 3.74. The van der Waals surface area contributed by atoms with Gasteiger partial charge in [-0.1, -0.05) is 15.9 Å². The maximum Gasteiger partial charge on any atom is 0.310 e. The normalized spacial score (nSPS) is 12.2. The van der Waals surface area contributed by atoms with E-state index >= 15 is 0 Å². The van der Waals surface area contributed by atoms with Crippen molar-refractivity contribution in [2.75, 3.05) is 7.11 Å². The smallest absolute Gasteiger partial charge is 0.310 e. The van der Waals surface area contributed by atoms with Crippen molar-refractivity contribution in [3.63, 3.8) is 0 Å². The lowest BCUT2D eigenvalue weighted by molar-refractivity contribution is -0.138. The van der Waals surface area contributed by atoms with Gasteiger partial charge < -0.3 is 14.9 Å². The number of ether oxygens (including phenoxy) is 1. The number of phenolic OH excluding ortho intramolecular Hbond substituents is 1. The van der Waals surface area contributed by atoms with E-state index in [2.05, 4.69) is 20.7 Å². The van der Waals surface area contributed by atoms with Crippen LogP contribution < -0.4 is 4.74 Å². The number of aliphatic carboxylic acids is 1. The molecule has 0 aliphatic carbocycles. The van der Waals surface area contributed by atoms with Crippen molar-refractivity contribution >= 4 is 21.9 Å². The van der Waals surface area contributed by atoms with E-state index in [-0.39, 0.29) is 21.5 Å². The fourth-order valence-electron chi connectivity index (χ4n) is 1.32. The largest absolute Gasteiger partial charge is 0.504 e. The second kappa shape index (κ2) is 4.69. The Morgan fingerprint density at radius 1 is 1.62 bits per heavy atom. The maximum absolute atomic E-state index is 13.8. The van der Waals surface area contributed by atoms with Crippen molar-refractivity contribution in [2.45, 2.75) is 12.8 Å². The minimum absolute atomic E-state index is 0.0536. The number of halogens is 2. The van der Waals surface area contributed by atoms with Gasteiger partial charge in [-0.05, 0) is 13.0 Å². The molecular weight excluding hydrogens is 283 g/mol. The Balaban J connectivity index is 3.45. The summed E-state index contributed by atoms with van der Waals surface area (Å²) in [6, 6.07) is 1.21. The second-order valence-corrected chi connectivity index (χ2v) is 4.05. The number of aromatic hydroxyl groups is 1. The van der Waals surface area contributed by atoms with Crippen LogP contribution in [0.25, 0.3) is 0 Å². The van der Waals surface area contributed by atoms with Gasteiger partial charge in [0.25, 0.3) is 0 Å². The van der Waals surface area contributed by atoms with Gasteiger partial charge in [-0.15, -0.1) is 0 Å². The predicted octanol–water partition coefficient (Wildman–Crippen LogP) is 2.49. The molecule has 0 fully saturated rings. The Bertz CT molecular complexity index is 433. The van der Waals surface area contributed by atoms with Crippen LogP contribution in [0.3, 0.4) is 0 Å². The minimum Gasteiger partial charge on any atom is -0.504 e. The highest BCUT2D eigenvalue weighted by Gasteiger charge is 2.25. The molecule has 0 saturated heterocycles. The fraction of sp³-hybridized carbons (Fsp3) is 0.300. The van der Waals surface area contributed by atoms with Crippen LogP contribution >= 0.6 is 15.9 Å². The van der Waals surface area contributed by atoms with Gasteiger partial charge in [0.1, 0.15) is 0 Å². The van der Waals surface area contributed by atoms with Gasteiger partial charge in [-0.25, -0.2) is 4.39 Å². The molecule has 6 heteroatoms. The molecule has 16 heavy (non-hydrogen) atoms. The molecule has 0 amide bonds. The van der Waals surface area contributed by atoms with Gasteiger partial charge >= 0.3 is 5.97 Å². The Morgan fingerprint density at radius 3 is 2.62 bits per heavy atom. The van der Waals surface area contributed by atoms with Crippen LogP contribution in [0.15, 0.2) is 10.5 Å². The summed E-state index contributed by atoms with van der Waals surface area (Å²) in [6.07, 6.45) is 0. The van der Waals surface area contributed by atoms with Gasteiger partial charge in [0.15, 0.2) is 17.3 Å².